The molecule has 0 fully saturated rings. The van der Waals surface area contributed by atoms with Crippen LogP contribution in [0.5, 0.6) is 0 Å². The van der Waals surface area contributed by atoms with Crippen molar-refractivity contribution >= 4 is 23.7 Å². The number of carboxylic acid groups (broad SMARTS) is 2. The van der Waals surface area contributed by atoms with Crippen molar-refractivity contribution in [3.05, 3.63) is 59.2 Å². The minimum absolute atomic E-state index is 0.0179. The van der Waals surface area contributed by atoms with Gasteiger partial charge in [0.2, 0.25) is 0 Å². The van der Waals surface area contributed by atoms with Crippen LogP contribution in [0.3, 0.4) is 0 Å². The van der Waals surface area contributed by atoms with Gasteiger partial charge in [0.25, 0.3) is 0 Å². The molecule has 2 aromatic carbocycles. The summed E-state index contributed by atoms with van der Waals surface area (Å²) < 4.78 is 0. The van der Waals surface area contributed by atoms with Crippen molar-refractivity contribution < 1.29 is 19.8 Å². The summed E-state index contributed by atoms with van der Waals surface area (Å²) in [7, 11) is 0. The number of benzene rings is 2. The fourth-order valence-electron chi connectivity index (χ4n) is 1.89. The molecule has 0 aliphatic carbocycles. The topological polar surface area (TPSA) is 74.6 Å². The summed E-state index contributed by atoms with van der Waals surface area (Å²) in [5.41, 5.74) is 1.99. The highest BCUT2D eigenvalue weighted by atomic mass is 32.2. The van der Waals surface area contributed by atoms with E-state index in [0.29, 0.717) is 0 Å². The van der Waals surface area contributed by atoms with Gasteiger partial charge >= 0.3 is 11.9 Å². The molecule has 21 heavy (non-hydrogen) atoms. The van der Waals surface area contributed by atoms with Crippen LogP contribution in [0.2, 0.25) is 0 Å². The lowest BCUT2D eigenvalue weighted by Gasteiger charge is -2.07. The molecule has 0 heterocycles. The summed E-state index contributed by atoms with van der Waals surface area (Å²) in [5, 5.41) is 17.7. The lowest BCUT2D eigenvalue weighted by molar-refractivity contribution is -0.136. The number of carbonyl (C=O) groups is 2. The third-order valence-electron chi connectivity index (χ3n) is 2.99. The van der Waals surface area contributed by atoms with Crippen molar-refractivity contribution in [1.82, 2.24) is 0 Å². The highest BCUT2D eigenvalue weighted by Gasteiger charge is 2.07. The third-order valence-corrected chi connectivity index (χ3v) is 3.99. The smallest absolute Gasteiger partial charge is 0.335 e. The standard InChI is InChI=1S/C16H14O4S/c1-10-8-14(7-4-12(10)9-15(17)18)21-13-5-2-11(3-6-13)16(19)20/h2-8H,9H2,1H3,(H,17,18)(H,19,20). The van der Waals surface area contributed by atoms with Crippen LogP contribution in [0.25, 0.3) is 0 Å². The van der Waals surface area contributed by atoms with Crippen molar-refractivity contribution in [3.8, 4) is 0 Å². The van der Waals surface area contributed by atoms with Gasteiger partial charge in [-0.2, -0.15) is 0 Å². The molecule has 4 nitrogen and oxygen atoms in total. The Labute approximate surface area is 126 Å². The minimum Gasteiger partial charge on any atom is -0.481 e. The Hall–Kier alpha value is -2.27. The molecule has 108 valence electrons. The second-order valence-electron chi connectivity index (χ2n) is 4.59. The summed E-state index contributed by atoms with van der Waals surface area (Å²) in [4.78, 5) is 23.4. The third kappa shape index (κ3) is 4.10. The zero-order valence-corrected chi connectivity index (χ0v) is 12.2. The number of carboxylic acids is 2. The first kappa shape index (κ1) is 15.1. The zero-order chi connectivity index (χ0) is 15.4. The Balaban J connectivity index is 2.14. The average molecular weight is 302 g/mol. The summed E-state index contributed by atoms with van der Waals surface area (Å²) in [6, 6.07) is 12.3. The van der Waals surface area contributed by atoms with Gasteiger partial charge in [-0.05, 0) is 54.4 Å². The zero-order valence-electron chi connectivity index (χ0n) is 11.4. The molecule has 0 aliphatic rings. The normalized spacial score (nSPS) is 10.3. The van der Waals surface area contributed by atoms with Gasteiger partial charge < -0.3 is 10.2 Å². The Kier molecular flexibility index (Phi) is 4.65. The van der Waals surface area contributed by atoms with E-state index < -0.39 is 11.9 Å². The number of hydrogen-bond donors (Lipinski definition) is 2. The average Bonchev–Trinajstić information content (AvgIpc) is 2.42. The molecular weight excluding hydrogens is 288 g/mol. The molecule has 2 rings (SSSR count). The van der Waals surface area contributed by atoms with E-state index in [4.69, 9.17) is 10.2 Å². The number of aromatic carboxylic acids is 1. The maximum absolute atomic E-state index is 10.8. The Morgan fingerprint density at radius 3 is 2.14 bits per heavy atom. The van der Waals surface area contributed by atoms with Crippen LogP contribution in [-0.4, -0.2) is 22.2 Å². The Morgan fingerprint density at radius 1 is 1.00 bits per heavy atom. The molecule has 0 atom stereocenters. The molecule has 0 saturated heterocycles. The monoisotopic (exact) mass is 302 g/mol. The van der Waals surface area contributed by atoms with Crippen LogP contribution < -0.4 is 0 Å². The maximum atomic E-state index is 10.8. The van der Waals surface area contributed by atoms with Crippen LogP contribution in [0.15, 0.2) is 52.3 Å². The van der Waals surface area contributed by atoms with Crippen LogP contribution in [0, 0.1) is 6.92 Å². The second-order valence-corrected chi connectivity index (χ2v) is 5.74. The van der Waals surface area contributed by atoms with Gasteiger partial charge in [0.1, 0.15) is 0 Å². The van der Waals surface area contributed by atoms with Crippen LogP contribution in [0.1, 0.15) is 21.5 Å². The summed E-state index contributed by atoms with van der Waals surface area (Å²) >= 11 is 1.51. The molecule has 0 saturated carbocycles. The van der Waals surface area contributed by atoms with E-state index in [1.165, 1.54) is 11.8 Å². The van der Waals surface area contributed by atoms with E-state index in [0.717, 1.165) is 20.9 Å². The molecule has 0 amide bonds. The fraction of sp³-hybridized carbons (Fsp3) is 0.125. The molecule has 5 heteroatoms. The van der Waals surface area contributed by atoms with E-state index in [2.05, 4.69) is 0 Å². The van der Waals surface area contributed by atoms with Crippen LogP contribution in [0.4, 0.5) is 0 Å². The van der Waals surface area contributed by atoms with Crippen molar-refractivity contribution in [1.29, 1.82) is 0 Å². The minimum atomic E-state index is -0.944. The molecule has 2 aromatic rings. The van der Waals surface area contributed by atoms with Gasteiger partial charge in [-0.15, -0.1) is 0 Å². The van der Waals surface area contributed by atoms with Crippen LogP contribution >= 0.6 is 11.8 Å². The molecule has 0 spiro atoms. The summed E-state index contributed by atoms with van der Waals surface area (Å²) in [5.74, 6) is -1.79. The predicted molar refractivity (Wildman–Crippen MR) is 80.0 cm³/mol. The number of aryl methyl sites for hydroxylation is 1. The number of hydrogen-bond acceptors (Lipinski definition) is 3. The van der Waals surface area contributed by atoms with Gasteiger partial charge in [0.05, 0.1) is 12.0 Å². The molecule has 2 N–H and O–H groups in total. The van der Waals surface area contributed by atoms with Gasteiger partial charge in [-0.25, -0.2) is 4.79 Å². The van der Waals surface area contributed by atoms with E-state index in [1.54, 1.807) is 24.3 Å². The quantitative estimate of drug-likeness (QED) is 0.884. The largest absolute Gasteiger partial charge is 0.481 e. The lowest BCUT2D eigenvalue weighted by atomic mass is 10.1. The van der Waals surface area contributed by atoms with E-state index in [-0.39, 0.29) is 12.0 Å². The van der Waals surface area contributed by atoms with E-state index in [9.17, 15) is 9.59 Å². The molecule has 0 radical (unpaired) electrons. The molecule has 0 bridgehead atoms. The highest BCUT2D eigenvalue weighted by Crippen LogP contribution is 2.29. The molecule has 0 aliphatic heterocycles. The van der Waals surface area contributed by atoms with Crippen molar-refractivity contribution in [2.24, 2.45) is 0 Å². The summed E-state index contributed by atoms with van der Waals surface area (Å²) in [6.07, 6.45) is 0.0179. The van der Waals surface area contributed by atoms with E-state index in [1.807, 2.05) is 25.1 Å². The van der Waals surface area contributed by atoms with Gasteiger partial charge in [0.15, 0.2) is 0 Å². The molecule has 0 aromatic heterocycles. The highest BCUT2D eigenvalue weighted by molar-refractivity contribution is 7.99. The predicted octanol–water partition coefficient (Wildman–Crippen LogP) is 3.47. The Bertz CT molecular complexity index is 677. The first-order valence-electron chi connectivity index (χ1n) is 6.28. The van der Waals surface area contributed by atoms with Crippen molar-refractivity contribution in [3.63, 3.8) is 0 Å². The SMILES string of the molecule is Cc1cc(Sc2ccc(C(=O)O)cc2)ccc1CC(=O)O. The fourth-order valence-corrected chi connectivity index (χ4v) is 2.81. The summed E-state index contributed by atoms with van der Waals surface area (Å²) in [6.45, 7) is 1.88. The van der Waals surface area contributed by atoms with E-state index >= 15 is 0 Å². The first-order chi connectivity index (χ1) is 9.95. The number of aliphatic carboxylic acids is 1. The lowest BCUT2D eigenvalue weighted by Crippen LogP contribution is -2.01. The van der Waals surface area contributed by atoms with Crippen molar-refractivity contribution in [2.45, 2.75) is 23.1 Å². The molecular formula is C16H14O4S. The Morgan fingerprint density at radius 2 is 1.62 bits per heavy atom. The second kappa shape index (κ2) is 6.45. The van der Waals surface area contributed by atoms with Gasteiger partial charge in [-0.1, -0.05) is 17.8 Å². The van der Waals surface area contributed by atoms with Gasteiger partial charge in [0, 0.05) is 9.79 Å². The first-order valence-corrected chi connectivity index (χ1v) is 7.10. The number of rotatable bonds is 5. The van der Waals surface area contributed by atoms with Crippen LogP contribution in [-0.2, 0) is 11.2 Å². The van der Waals surface area contributed by atoms with Gasteiger partial charge in [-0.3, -0.25) is 4.79 Å². The van der Waals surface area contributed by atoms with Crippen molar-refractivity contribution in [2.75, 3.05) is 0 Å². The maximum Gasteiger partial charge on any atom is 0.335 e. The molecule has 0 unspecified atom stereocenters.